The summed E-state index contributed by atoms with van der Waals surface area (Å²) in [4.78, 5) is 24.2. The summed E-state index contributed by atoms with van der Waals surface area (Å²) >= 11 is 0. The largest absolute Gasteiger partial charge is 0.469 e. The summed E-state index contributed by atoms with van der Waals surface area (Å²) in [6.07, 6.45) is 2.89. The first-order valence-corrected chi connectivity index (χ1v) is 5.07. The molecular formula is C11H13NO3. The van der Waals surface area contributed by atoms with Crippen LogP contribution < -0.4 is 0 Å². The molecule has 4 nitrogen and oxygen atoms in total. The minimum Gasteiger partial charge on any atom is -0.469 e. The normalized spacial score (nSPS) is 17.2. The van der Waals surface area contributed by atoms with Gasteiger partial charge >= 0.3 is 0 Å². The highest BCUT2D eigenvalue weighted by Crippen LogP contribution is 2.09. The third-order valence-electron chi connectivity index (χ3n) is 2.57. The molecule has 1 amide bonds. The van der Waals surface area contributed by atoms with E-state index in [2.05, 4.69) is 0 Å². The van der Waals surface area contributed by atoms with E-state index < -0.39 is 0 Å². The van der Waals surface area contributed by atoms with Gasteiger partial charge in [0, 0.05) is 25.9 Å². The maximum Gasteiger partial charge on any atom is 0.230 e. The number of hydrogen-bond acceptors (Lipinski definition) is 3. The Kier molecular flexibility index (Phi) is 2.85. The van der Waals surface area contributed by atoms with Crippen molar-refractivity contribution >= 4 is 11.7 Å². The van der Waals surface area contributed by atoms with Crippen LogP contribution in [0.5, 0.6) is 0 Å². The topological polar surface area (TPSA) is 50.5 Å². The van der Waals surface area contributed by atoms with Crippen LogP contribution in [0.25, 0.3) is 0 Å². The molecule has 2 heterocycles. The zero-order chi connectivity index (χ0) is 10.7. The summed E-state index contributed by atoms with van der Waals surface area (Å²) in [5.74, 6) is 0.867. The van der Waals surface area contributed by atoms with Crippen LogP contribution in [0.15, 0.2) is 22.8 Å². The van der Waals surface area contributed by atoms with E-state index in [9.17, 15) is 9.59 Å². The first-order chi connectivity index (χ1) is 7.25. The highest BCUT2D eigenvalue weighted by atomic mass is 16.3. The molecule has 80 valence electrons. The van der Waals surface area contributed by atoms with Crippen LogP contribution >= 0.6 is 0 Å². The van der Waals surface area contributed by atoms with Gasteiger partial charge in [0.1, 0.15) is 11.5 Å². The first kappa shape index (κ1) is 9.96. The van der Waals surface area contributed by atoms with Gasteiger partial charge in [0.05, 0.1) is 12.7 Å². The summed E-state index contributed by atoms with van der Waals surface area (Å²) < 4.78 is 5.18. The molecule has 1 fully saturated rings. The number of likely N-dealkylation sites (tertiary alicyclic amines) is 1. The van der Waals surface area contributed by atoms with Gasteiger partial charge < -0.3 is 9.32 Å². The molecule has 0 radical (unpaired) electrons. The van der Waals surface area contributed by atoms with Crippen LogP contribution in [0, 0.1) is 0 Å². The Morgan fingerprint density at radius 2 is 2.27 bits per heavy atom. The Balaban J connectivity index is 1.85. The van der Waals surface area contributed by atoms with Crippen molar-refractivity contribution in [1.82, 2.24) is 4.90 Å². The minimum absolute atomic E-state index is 0.0502. The quantitative estimate of drug-likeness (QED) is 0.695. The second-order valence-electron chi connectivity index (χ2n) is 3.68. The zero-order valence-corrected chi connectivity index (χ0v) is 8.44. The number of nitrogens with zero attached hydrogens (tertiary/aromatic N) is 1. The predicted molar refractivity (Wildman–Crippen MR) is 53.2 cm³/mol. The number of hydrogen-bond donors (Lipinski definition) is 0. The third-order valence-corrected chi connectivity index (χ3v) is 2.57. The Morgan fingerprint density at radius 3 is 2.93 bits per heavy atom. The fourth-order valence-corrected chi connectivity index (χ4v) is 1.69. The van der Waals surface area contributed by atoms with Crippen molar-refractivity contribution in [3.05, 3.63) is 24.2 Å². The summed E-state index contributed by atoms with van der Waals surface area (Å²) in [7, 11) is 0. The van der Waals surface area contributed by atoms with E-state index in [1.165, 1.54) is 0 Å². The molecule has 1 aliphatic heterocycles. The standard InChI is InChI=1S/C11H13NO3/c13-9-3-5-12(11(14)8-9)6-4-10-2-1-7-15-10/h1-2,7H,3-6,8H2. The lowest BCUT2D eigenvalue weighted by atomic mass is 10.1. The maximum atomic E-state index is 11.4. The minimum atomic E-state index is -0.0576. The van der Waals surface area contributed by atoms with Crippen molar-refractivity contribution in [2.45, 2.75) is 19.3 Å². The molecule has 1 aromatic rings. The number of amides is 1. The van der Waals surface area contributed by atoms with Crippen molar-refractivity contribution in [2.75, 3.05) is 13.1 Å². The molecule has 0 bridgehead atoms. The zero-order valence-electron chi connectivity index (χ0n) is 8.44. The molecule has 1 saturated heterocycles. The van der Waals surface area contributed by atoms with E-state index >= 15 is 0 Å². The number of piperidine rings is 1. The first-order valence-electron chi connectivity index (χ1n) is 5.07. The SMILES string of the molecule is O=C1CCN(CCc2ccco2)C(=O)C1. The summed E-state index contributed by atoms with van der Waals surface area (Å²) in [5, 5.41) is 0. The molecular weight excluding hydrogens is 194 g/mol. The van der Waals surface area contributed by atoms with Gasteiger partial charge in [-0.25, -0.2) is 0 Å². The van der Waals surface area contributed by atoms with Crippen molar-refractivity contribution in [3.63, 3.8) is 0 Å². The van der Waals surface area contributed by atoms with E-state index in [-0.39, 0.29) is 18.1 Å². The van der Waals surface area contributed by atoms with Crippen LogP contribution in [0.1, 0.15) is 18.6 Å². The van der Waals surface area contributed by atoms with Gasteiger partial charge in [-0.1, -0.05) is 0 Å². The van der Waals surface area contributed by atoms with Crippen LogP contribution in [0.3, 0.4) is 0 Å². The van der Waals surface area contributed by atoms with E-state index in [4.69, 9.17) is 4.42 Å². The molecule has 15 heavy (non-hydrogen) atoms. The van der Waals surface area contributed by atoms with Gasteiger partial charge in [-0.05, 0) is 12.1 Å². The lowest BCUT2D eigenvalue weighted by Crippen LogP contribution is -2.40. The molecule has 0 N–H and O–H groups in total. The van der Waals surface area contributed by atoms with Crippen LogP contribution in [-0.2, 0) is 16.0 Å². The average Bonchev–Trinajstić information content (AvgIpc) is 2.69. The molecule has 1 aromatic heterocycles. The fourth-order valence-electron chi connectivity index (χ4n) is 1.69. The average molecular weight is 207 g/mol. The molecule has 4 heteroatoms. The van der Waals surface area contributed by atoms with Gasteiger partial charge in [-0.3, -0.25) is 9.59 Å². The molecule has 0 aromatic carbocycles. The van der Waals surface area contributed by atoms with E-state index in [1.54, 1.807) is 11.2 Å². The maximum absolute atomic E-state index is 11.4. The van der Waals surface area contributed by atoms with Gasteiger partial charge in [0.15, 0.2) is 0 Å². The highest BCUT2D eigenvalue weighted by Gasteiger charge is 2.23. The number of rotatable bonds is 3. The molecule has 0 unspecified atom stereocenters. The van der Waals surface area contributed by atoms with Crippen LogP contribution in [0.4, 0.5) is 0 Å². The molecule has 2 rings (SSSR count). The summed E-state index contributed by atoms with van der Waals surface area (Å²) in [6.45, 7) is 1.19. The van der Waals surface area contributed by atoms with Crippen molar-refractivity contribution in [3.8, 4) is 0 Å². The Labute approximate surface area is 87.9 Å². The Hall–Kier alpha value is -1.58. The van der Waals surface area contributed by atoms with Crippen molar-refractivity contribution in [1.29, 1.82) is 0 Å². The number of carbonyl (C=O) groups excluding carboxylic acids is 2. The van der Waals surface area contributed by atoms with Crippen LogP contribution in [-0.4, -0.2) is 29.7 Å². The second-order valence-corrected chi connectivity index (χ2v) is 3.68. The number of furan rings is 1. The third kappa shape index (κ3) is 2.46. The second kappa shape index (κ2) is 4.29. The lowest BCUT2D eigenvalue weighted by molar-refractivity contribution is -0.139. The molecule has 0 saturated carbocycles. The predicted octanol–water partition coefficient (Wildman–Crippen LogP) is 1.01. The molecule has 0 spiro atoms. The number of ketones is 1. The van der Waals surface area contributed by atoms with Gasteiger partial charge in [0.25, 0.3) is 0 Å². The molecule has 0 atom stereocenters. The van der Waals surface area contributed by atoms with E-state index in [1.807, 2.05) is 12.1 Å². The summed E-state index contributed by atoms with van der Waals surface area (Å²) in [5.41, 5.74) is 0. The monoisotopic (exact) mass is 207 g/mol. The Bertz CT molecular complexity index is 356. The number of Topliss-reactive ketones (excluding diaryl/α,β-unsaturated/α-hetero) is 1. The van der Waals surface area contributed by atoms with Gasteiger partial charge in [0.2, 0.25) is 5.91 Å². The lowest BCUT2D eigenvalue weighted by Gasteiger charge is -2.25. The van der Waals surface area contributed by atoms with Gasteiger partial charge in [-0.15, -0.1) is 0 Å². The number of carbonyl (C=O) groups is 2. The fraction of sp³-hybridized carbons (Fsp3) is 0.455. The Morgan fingerprint density at radius 1 is 1.40 bits per heavy atom. The van der Waals surface area contributed by atoms with Gasteiger partial charge in [-0.2, -0.15) is 0 Å². The molecule has 0 aliphatic carbocycles. The smallest absolute Gasteiger partial charge is 0.230 e. The molecule has 1 aliphatic rings. The van der Waals surface area contributed by atoms with Crippen molar-refractivity contribution in [2.24, 2.45) is 0 Å². The van der Waals surface area contributed by atoms with Crippen LogP contribution in [0.2, 0.25) is 0 Å². The van der Waals surface area contributed by atoms with E-state index in [0.717, 1.165) is 5.76 Å². The highest BCUT2D eigenvalue weighted by molar-refractivity contribution is 6.00. The van der Waals surface area contributed by atoms with Crippen molar-refractivity contribution < 1.29 is 14.0 Å². The summed E-state index contributed by atoms with van der Waals surface area (Å²) in [6, 6.07) is 3.72. The van der Waals surface area contributed by atoms with E-state index in [0.29, 0.717) is 25.9 Å².